The summed E-state index contributed by atoms with van der Waals surface area (Å²) in [5, 5.41) is 14.5. The fourth-order valence-electron chi connectivity index (χ4n) is 4.17. The lowest BCUT2D eigenvalue weighted by molar-refractivity contribution is 0.110. The molecule has 1 N–H and O–H groups in total. The molecule has 1 aromatic heterocycles. The largest absolute Gasteiger partial charge is 0.304 e. The lowest BCUT2D eigenvalue weighted by Crippen LogP contribution is -2.46. The Morgan fingerprint density at radius 2 is 1.93 bits per heavy atom. The fourth-order valence-corrected chi connectivity index (χ4v) is 5.28. The predicted octanol–water partition coefficient (Wildman–Crippen LogP) is 2.79. The van der Waals surface area contributed by atoms with Crippen molar-refractivity contribution in [3.8, 4) is 0 Å². The van der Waals surface area contributed by atoms with Gasteiger partial charge in [-0.2, -0.15) is 5.21 Å². The average Bonchev–Trinajstić information content (AvgIpc) is 3.16. The van der Waals surface area contributed by atoms with Gasteiger partial charge in [-0.3, -0.25) is 4.90 Å². The number of hydrogen-bond acceptors (Lipinski definition) is 6. The van der Waals surface area contributed by atoms with Crippen LogP contribution in [0.25, 0.3) is 0 Å². The van der Waals surface area contributed by atoms with Gasteiger partial charge in [0.2, 0.25) is 0 Å². The summed E-state index contributed by atoms with van der Waals surface area (Å²) < 4.78 is 0. The number of benzene rings is 2. The van der Waals surface area contributed by atoms with Gasteiger partial charge in [0.1, 0.15) is 0 Å². The number of aromatic amines is 1. The molecule has 1 unspecified atom stereocenters. The van der Waals surface area contributed by atoms with Gasteiger partial charge < -0.3 is 4.90 Å². The molecule has 28 heavy (non-hydrogen) atoms. The van der Waals surface area contributed by atoms with Crippen LogP contribution >= 0.6 is 11.8 Å². The van der Waals surface area contributed by atoms with E-state index in [0.29, 0.717) is 12.5 Å². The SMILES string of the molecule is CN1CCN(C2Cc3ccccc3Sc3ccc(Cc4nn[nH]n4)cc32)CC1. The highest BCUT2D eigenvalue weighted by Gasteiger charge is 2.29. The van der Waals surface area contributed by atoms with E-state index in [1.807, 2.05) is 11.8 Å². The van der Waals surface area contributed by atoms with Crippen molar-refractivity contribution in [2.45, 2.75) is 28.7 Å². The number of hydrogen-bond donors (Lipinski definition) is 1. The van der Waals surface area contributed by atoms with Crippen molar-refractivity contribution >= 4 is 11.8 Å². The van der Waals surface area contributed by atoms with E-state index in [9.17, 15) is 0 Å². The highest BCUT2D eigenvalue weighted by atomic mass is 32.2. The zero-order valence-corrected chi connectivity index (χ0v) is 16.8. The maximum Gasteiger partial charge on any atom is 0.178 e. The van der Waals surface area contributed by atoms with Gasteiger partial charge in [-0.15, -0.1) is 10.2 Å². The van der Waals surface area contributed by atoms with E-state index in [1.54, 1.807) is 0 Å². The molecule has 6 nitrogen and oxygen atoms in total. The number of aromatic nitrogens is 4. The summed E-state index contributed by atoms with van der Waals surface area (Å²) >= 11 is 1.90. The van der Waals surface area contributed by atoms with Gasteiger partial charge in [-0.25, -0.2) is 0 Å². The maximum atomic E-state index is 4.12. The Morgan fingerprint density at radius 1 is 1.07 bits per heavy atom. The van der Waals surface area contributed by atoms with E-state index in [2.05, 4.69) is 79.9 Å². The summed E-state index contributed by atoms with van der Waals surface area (Å²) in [5.41, 5.74) is 4.13. The molecule has 3 aromatic rings. The normalized spacial score (nSPS) is 20.4. The molecule has 1 saturated heterocycles. The van der Waals surface area contributed by atoms with Crippen LogP contribution in [0.2, 0.25) is 0 Å². The number of tetrazole rings is 1. The fraction of sp³-hybridized carbons (Fsp3) is 0.381. The van der Waals surface area contributed by atoms with Crippen molar-refractivity contribution in [3.05, 3.63) is 65.0 Å². The van der Waals surface area contributed by atoms with E-state index in [0.717, 1.165) is 38.4 Å². The molecule has 0 aliphatic carbocycles. The molecule has 2 aromatic carbocycles. The summed E-state index contributed by atoms with van der Waals surface area (Å²) in [6, 6.07) is 16.1. The van der Waals surface area contributed by atoms with Gasteiger partial charge in [0.25, 0.3) is 0 Å². The minimum atomic E-state index is 0.407. The van der Waals surface area contributed by atoms with Crippen LogP contribution in [0, 0.1) is 0 Å². The second kappa shape index (κ2) is 7.66. The Balaban J connectivity index is 1.53. The predicted molar refractivity (Wildman–Crippen MR) is 110 cm³/mol. The number of piperazine rings is 1. The summed E-state index contributed by atoms with van der Waals surface area (Å²) in [4.78, 5) is 7.83. The molecule has 1 fully saturated rings. The molecule has 0 spiro atoms. The lowest BCUT2D eigenvalue weighted by Gasteiger charge is -2.38. The second-order valence-corrected chi connectivity index (χ2v) is 8.73. The Morgan fingerprint density at radius 3 is 2.75 bits per heavy atom. The smallest absolute Gasteiger partial charge is 0.178 e. The lowest BCUT2D eigenvalue weighted by atomic mass is 9.94. The molecule has 144 valence electrons. The highest BCUT2D eigenvalue weighted by molar-refractivity contribution is 7.99. The Hall–Kier alpha value is -2.22. The average molecular weight is 393 g/mol. The molecule has 7 heteroatoms. The van der Waals surface area contributed by atoms with Crippen LogP contribution in [0.4, 0.5) is 0 Å². The zero-order valence-electron chi connectivity index (χ0n) is 16.0. The van der Waals surface area contributed by atoms with Crippen LogP contribution in [-0.2, 0) is 12.8 Å². The summed E-state index contributed by atoms with van der Waals surface area (Å²) in [6.45, 7) is 4.48. The minimum Gasteiger partial charge on any atom is -0.304 e. The third-order valence-electron chi connectivity index (χ3n) is 5.77. The summed E-state index contributed by atoms with van der Waals surface area (Å²) in [6.07, 6.45) is 1.77. The van der Waals surface area contributed by atoms with E-state index in [4.69, 9.17) is 0 Å². The van der Waals surface area contributed by atoms with E-state index >= 15 is 0 Å². The van der Waals surface area contributed by atoms with Crippen molar-refractivity contribution in [2.24, 2.45) is 0 Å². The monoisotopic (exact) mass is 392 g/mol. The van der Waals surface area contributed by atoms with Crippen molar-refractivity contribution in [1.29, 1.82) is 0 Å². The van der Waals surface area contributed by atoms with Crippen LogP contribution in [0.1, 0.15) is 28.6 Å². The highest BCUT2D eigenvalue weighted by Crippen LogP contribution is 2.43. The molecule has 1 atom stereocenters. The molecule has 2 aliphatic heterocycles. The van der Waals surface area contributed by atoms with Crippen LogP contribution in [-0.4, -0.2) is 63.7 Å². The van der Waals surface area contributed by atoms with Crippen LogP contribution in [0.3, 0.4) is 0 Å². The quantitative estimate of drug-likeness (QED) is 0.740. The molecule has 2 aliphatic rings. The van der Waals surface area contributed by atoms with Crippen LogP contribution in [0.15, 0.2) is 52.3 Å². The molecular weight excluding hydrogens is 368 g/mol. The van der Waals surface area contributed by atoms with E-state index in [1.165, 1.54) is 26.5 Å². The summed E-state index contributed by atoms with van der Waals surface area (Å²) in [5.74, 6) is 0.737. The Labute approximate surface area is 169 Å². The molecule has 3 heterocycles. The second-order valence-electron chi connectivity index (χ2n) is 7.65. The first-order valence-electron chi connectivity index (χ1n) is 9.80. The molecule has 0 saturated carbocycles. The number of H-pyrrole nitrogens is 1. The van der Waals surface area contributed by atoms with E-state index in [-0.39, 0.29) is 0 Å². The molecule has 0 radical (unpaired) electrons. The third kappa shape index (κ3) is 3.57. The number of rotatable bonds is 3. The van der Waals surface area contributed by atoms with Crippen LogP contribution in [0.5, 0.6) is 0 Å². The van der Waals surface area contributed by atoms with Crippen molar-refractivity contribution in [2.75, 3.05) is 33.2 Å². The minimum absolute atomic E-state index is 0.407. The Bertz CT molecular complexity index is 949. The van der Waals surface area contributed by atoms with Gasteiger partial charge >= 0.3 is 0 Å². The first kappa shape index (κ1) is 17.8. The number of nitrogens with one attached hydrogen (secondary N) is 1. The summed E-state index contributed by atoms with van der Waals surface area (Å²) in [7, 11) is 2.21. The molecule has 0 amide bonds. The third-order valence-corrected chi connectivity index (χ3v) is 6.98. The molecular formula is C21H24N6S. The number of likely N-dealkylation sites (N-methyl/N-ethyl adjacent to an activating group) is 1. The first-order valence-corrected chi connectivity index (χ1v) is 10.6. The van der Waals surface area contributed by atoms with Gasteiger partial charge in [0, 0.05) is 48.4 Å². The van der Waals surface area contributed by atoms with E-state index < -0.39 is 0 Å². The number of nitrogens with zero attached hydrogens (tertiary/aromatic N) is 5. The van der Waals surface area contributed by atoms with Gasteiger partial charge in [0.05, 0.1) is 0 Å². The zero-order chi connectivity index (χ0) is 18.9. The maximum absolute atomic E-state index is 4.12. The topological polar surface area (TPSA) is 60.9 Å². The molecule has 5 rings (SSSR count). The molecule has 0 bridgehead atoms. The van der Waals surface area contributed by atoms with Gasteiger partial charge in [-0.05, 0) is 42.3 Å². The van der Waals surface area contributed by atoms with Crippen molar-refractivity contribution in [3.63, 3.8) is 0 Å². The van der Waals surface area contributed by atoms with Crippen molar-refractivity contribution < 1.29 is 0 Å². The number of fused-ring (bicyclic) bond motifs is 2. The first-order chi connectivity index (χ1) is 13.8. The standard InChI is InChI=1S/C21H24N6S/c1-26-8-10-27(11-9-26)18-14-16-4-2-3-5-19(16)28-20-7-6-15(12-17(18)20)13-21-22-24-25-23-21/h2-7,12,18H,8-11,13-14H2,1H3,(H,22,23,24,25). The van der Waals surface area contributed by atoms with Crippen LogP contribution < -0.4 is 0 Å². The van der Waals surface area contributed by atoms with Gasteiger partial charge in [0.15, 0.2) is 5.82 Å². The Kier molecular flexibility index (Phi) is 4.88. The van der Waals surface area contributed by atoms with Gasteiger partial charge in [-0.1, -0.05) is 47.3 Å². The van der Waals surface area contributed by atoms with Crippen molar-refractivity contribution in [1.82, 2.24) is 30.4 Å².